The van der Waals surface area contributed by atoms with Crippen molar-refractivity contribution in [2.75, 3.05) is 0 Å². The molecule has 0 spiro atoms. The van der Waals surface area contributed by atoms with Crippen LogP contribution in [0.25, 0.3) is 11.1 Å². The molecule has 0 bridgehead atoms. The van der Waals surface area contributed by atoms with E-state index in [1.54, 1.807) is 24.3 Å². The van der Waals surface area contributed by atoms with Crippen molar-refractivity contribution in [1.82, 2.24) is 0 Å². The Morgan fingerprint density at radius 3 is 2.67 bits per heavy atom. The van der Waals surface area contributed by atoms with Crippen molar-refractivity contribution in [3.8, 4) is 11.1 Å². The first-order valence-electron chi connectivity index (χ1n) is 7.82. The van der Waals surface area contributed by atoms with E-state index in [-0.39, 0.29) is 24.6 Å². The molecule has 0 aromatic heterocycles. The lowest BCUT2D eigenvalue weighted by Gasteiger charge is -2.31. The average molecular weight is 345 g/mol. The van der Waals surface area contributed by atoms with Gasteiger partial charge in [0.2, 0.25) is 0 Å². The van der Waals surface area contributed by atoms with Gasteiger partial charge in [0.1, 0.15) is 12.5 Å². The van der Waals surface area contributed by atoms with Gasteiger partial charge in [-0.1, -0.05) is 30.3 Å². The van der Waals surface area contributed by atoms with Crippen LogP contribution in [0, 0.1) is 5.82 Å². The second kappa shape index (κ2) is 7.75. The first-order chi connectivity index (χ1) is 11.7. The normalized spacial score (nSPS) is 19.4. The van der Waals surface area contributed by atoms with Crippen LogP contribution >= 0.6 is 12.2 Å². The second-order valence-corrected chi connectivity index (χ2v) is 6.10. The zero-order valence-electron chi connectivity index (χ0n) is 13.0. The van der Waals surface area contributed by atoms with Gasteiger partial charge >= 0.3 is 0 Å². The molecule has 3 rings (SSSR count). The Hall–Kier alpha value is -1.94. The van der Waals surface area contributed by atoms with Crippen molar-refractivity contribution in [1.29, 1.82) is 0 Å². The highest BCUT2D eigenvalue weighted by atomic mass is 32.1. The maximum atomic E-state index is 14.3. The predicted molar refractivity (Wildman–Crippen MR) is 93.3 cm³/mol. The smallest absolute Gasteiger partial charge is 0.129 e. The molecule has 0 atom stereocenters. The minimum absolute atomic E-state index is 0.0995. The molecule has 0 amide bonds. The van der Waals surface area contributed by atoms with E-state index >= 15 is 0 Å². The Kier molecular flexibility index (Phi) is 5.46. The number of thiocarbonyl (C=S) groups is 1. The van der Waals surface area contributed by atoms with Gasteiger partial charge in [-0.15, -0.1) is 0 Å². The maximum Gasteiger partial charge on any atom is 0.129 e. The Morgan fingerprint density at radius 2 is 1.96 bits per heavy atom. The standard InChI is InChI=1S/C19H17F2NOS/c20-10-13-2-1-3-14(6-13)15-4-5-16(19(21)7-15)11-23-18-8-17(9-18)22-12-24/h1-7,17-18H,8-11H2. The van der Waals surface area contributed by atoms with E-state index in [1.165, 1.54) is 6.07 Å². The summed E-state index contributed by atoms with van der Waals surface area (Å²) in [7, 11) is 0. The number of alkyl halides is 1. The van der Waals surface area contributed by atoms with Crippen LogP contribution in [0.15, 0.2) is 47.5 Å². The number of ether oxygens (including phenoxy) is 1. The number of aliphatic imine (C=N–C) groups is 1. The van der Waals surface area contributed by atoms with Gasteiger partial charge in [0, 0.05) is 5.56 Å². The number of rotatable bonds is 6. The van der Waals surface area contributed by atoms with E-state index < -0.39 is 6.67 Å². The topological polar surface area (TPSA) is 21.6 Å². The SMILES string of the molecule is FCc1cccc(-c2ccc(COC3CC(N=C=S)C3)c(F)c2)c1. The summed E-state index contributed by atoms with van der Waals surface area (Å²) >= 11 is 4.57. The van der Waals surface area contributed by atoms with E-state index in [0.717, 1.165) is 24.0 Å². The minimum Gasteiger partial charge on any atom is -0.373 e. The fraction of sp³-hybridized carbons (Fsp3) is 0.316. The lowest BCUT2D eigenvalue weighted by atomic mass is 9.90. The van der Waals surface area contributed by atoms with Crippen LogP contribution in [0.3, 0.4) is 0 Å². The number of isothiocyanates is 1. The fourth-order valence-corrected chi connectivity index (χ4v) is 2.89. The van der Waals surface area contributed by atoms with Crippen molar-refractivity contribution < 1.29 is 13.5 Å². The number of hydrogen-bond acceptors (Lipinski definition) is 3. The second-order valence-electron chi connectivity index (χ2n) is 5.92. The number of nitrogens with zero attached hydrogens (tertiary/aromatic N) is 1. The van der Waals surface area contributed by atoms with Crippen molar-refractivity contribution >= 4 is 17.4 Å². The molecule has 1 aliphatic rings. The maximum absolute atomic E-state index is 14.3. The summed E-state index contributed by atoms with van der Waals surface area (Å²) < 4.78 is 32.7. The molecule has 2 aromatic rings. The molecule has 0 heterocycles. The molecule has 1 saturated carbocycles. The van der Waals surface area contributed by atoms with Crippen molar-refractivity contribution in [3.05, 3.63) is 59.4 Å². The van der Waals surface area contributed by atoms with Gasteiger partial charge in [-0.3, -0.25) is 0 Å². The fourth-order valence-electron chi connectivity index (χ4n) is 2.74. The molecular formula is C19H17F2NOS. The zero-order valence-corrected chi connectivity index (χ0v) is 13.9. The van der Waals surface area contributed by atoms with Crippen LogP contribution in [0.4, 0.5) is 8.78 Å². The summed E-state index contributed by atoms with van der Waals surface area (Å²) in [6.45, 7) is -0.298. The van der Waals surface area contributed by atoms with Gasteiger partial charge in [-0.2, -0.15) is 0 Å². The van der Waals surface area contributed by atoms with E-state index in [4.69, 9.17) is 4.74 Å². The minimum atomic E-state index is -0.530. The zero-order chi connectivity index (χ0) is 16.9. The lowest BCUT2D eigenvalue weighted by molar-refractivity contribution is -0.0192. The van der Waals surface area contributed by atoms with Crippen LogP contribution in [0.1, 0.15) is 24.0 Å². The van der Waals surface area contributed by atoms with E-state index in [9.17, 15) is 8.78 Å². The van der Waals surface area contributed by atoms with Gasteiger partial charge < -0.3 is 4.74 Å². The molecule has 0 radical (unpaired) electrons. The number of hydrogen-bond donors (Lipinski definition) is 0. The van der Waals surface area contributed by atoms with Gasteiger partial charge in [0.25, 0.3) is 0 Å². The monoisotopic (exact) mass is 345 g/mol. The Bertz CT molecular complexity index is 768. The van der Waals surface area contributed by atoms with Crippen LogP contribution in [-0.4, -0.2) is 17.3 Å². The van der Waals surface area contributed by atoms with E-state index in [0.29, 0.717) is 11.1 Å². The van der Waals surface area contributed by atoms with Gasteiger partial charge in [0.05, 0.1) is 23.9 Å². The quantitative estimate of drug-likeness (QED) is 0.536. The molecule has 0 saturated heterocycles. The summed E-state index contributed by atoms with van der Waals surface area (Å²) in [5.41, 5.74) is 2.63. The highest BCUT2D eigenvalue weighted by Crippen LogP contribution is 2.28. The molecule has 2 aromatic carbocycles. The predicted octanol–water partition coefficient (Wildman–Crippen LogP) is 5.11. The third-order valence-electron chi connectivity index (χ3n) is 4.25. The Morgan fingerprint density at radius 1 is 1.17 bits per heavy atom. The van der Waals surface area contributed by atoms with Crippen molar-refractivity contribution in [3.63, 3.8) is 0 Å². The molecule has 1 fully saturated rings. The first-order valence-corrected chi connectivity index (χ1v) is 8.22. The average Bonchev–Trinajstić information content (AvgIpc) is 2.57. The largest absolute Gasteiger partial charge is 0.373 e. The summed E-state index contributed by atoms with van der Waals surface area (Å²) in [5, 5.41) is 2.37. The van der Waals surface area contributed by atoms with Crippen LogP contribution in [-0.2, 0) is 18.0 Å². The van der Waals surface area contributed by atoms with Gasteiger partial charge in [0.15, 0.2) is 0 Å². The van der Waals surface area contributed by atoms with Gasteiger partial charge in [-0.25, -0.2) is 13.8 Å². The Balaban J connectivity index is 1.63. The molecular weight excluding hydrogens is 328 g/mol. The number of benzene rings is 2. The van der Waals surface area contributed by atoms with E-state index in [2.05, 4.69) is 22.4 Å². The van der Waals surface area contributed by atoms with Crippen LogP contribution in [0.2, 0.25) is 0 Å². The summed E-state index contributed by atoms with van der Waals surface area (Å²) in [6, 6.07) is 12.3. The number of halogens is 2. The van der Waals surface area contributed by atoms with Crippen LogP contribution in [0.5, 0.6) is 0 Å². The van der Waals surface area contributed by atoms with Crippen molar-refractivity contribution in [2.45, 2.75) is 38.3 Å². The third-order valence-corrected chi connectivity index (χ3v) is 4.35. The van der Waals surface area contributed by atoms with E-state index in [1.807, 2.05) is 12.1 Å². The lowest BCUT2D eigenvalue weighted by Crippen LogP contribution is -2.34. The van der Waals surface area contributed by atoms with Crippen LogP contribution < -0.4 is 0 Å². The highest BCUT2D eigenvalue weighted by Gasteiger charge is 2.29. The first kappa shape index (κ1) is 16.9. The molecule has 124 valence electrons. The van der Waals surface area contributed by atoms with Gasteiger partial charge in [-0.05, 0) is 53.9 Å². The highest BCUT2D eigenvalue weighted by molar-refractivity contribution is 7.78. The molecule has 5 heteroatoms. The summed E-state index contributed by atoms with van der Waals surface area (Å²) in [4.78, 5) is 4.00. The Labute approximate surface area is 145 Å². The molecule has 2 nitrogen and oxygen atoms in total. The molecule has 1 aliphatic carbocycles. The molecule has 24 heavy (non-hydrogen) atoms. The third kappa shape index (κ3) is 3.93. The molecule has 0 aliphatic heterocycles. The van der Waals surface area contributed by atoms with Crippen molar-refractivity contribution in [2.24, 2.45) is 4.99 Å². The molecule has 0 N–H and O–H groups in total. The summed E-state index contributed by atoms with van der Waals surface area (Å²) in [6.07, 6.45) is 1.71. The summed E-state index contributed by atoms with van der Waals surface area (Å²) in [5.74, 6) is -0.314. The molecule has 0 unspecified atom stereocenters.